The van der Waals surface area contributed by atoms with E-state index in [1.54, 1.807) is 29.8 Å². The van der Waals surface area contributed by atoms with Gasteiger partial charge in [0.2, 0.25) is 0 Å². The second-order valence-corrected chi connectivity index (χ2v) is 6.20. The van der Waals surface area contributed by atoms with Gasteiger partial charge in [0, 0.05) is 25.3 Å². The van der Waals surface area contributed by atoms with E-state index in [0.717, 1.165) is 5.52 Å². The Labute approximate surface area is 145 Å². The fourth-order valence-electron chi connectivity index (χ4n) is 2.26. The van der Waals surface area contributed by atoms with Gasteiger partial charge >= 0.3 is 0 Å². The van der Waals surface area contributed by atoms with E-state index in [0.29, 0.717) is 15.1 Å². The molecule has 0 fully saturated rings. The molecule has 2 aromatic carbocycles. The molecule has 0 unspecified atom stereocenters. The second kappa shape index (κ2) is 6.78. The summed E-state index contributed by atoms with van der Waals surface area (Å²) in [5, 5.41) is 10.7. The Morgan fingerprint density at radius 3 is 2.88 bits per heavy atom. The van der Waals surface area contributed by atoms with Crippen LogP contribution in [0, 0.1) is 15.9 Å². The fourth-order valence-corrected chi connectivity index (χ4v) is 3.30. The highest BCUT2D eigenvalue weighted by Crippen LogP contribution is 2.17. The van der Waals surface area contributed by atoms with Gasteiger partial charge < -0.3 is 4.57 Å². The summed E-state index contributed by atoms with van der Waals surface area (Å²) in [6.07, 6.45) is 2.70. The number of fused-ring (bicyclic) bond motifs is 1. The van der Waals surface area contributed by atoms with Crippen molar-refractivity contribution in [1.82, 2.24) is 4.57 Å². The molecule has 0 saturated heterocycles. The molecule has 1 aromatic heterocycles. The zero-order valence-electron chi connectivity index (χ0n) is 13.0. The molecular formula is C17H12FN3O3S. The van der Waals surface area contributed by atoms with Crippen LogP contribution in [-0.2, 0) is 11.8 Å². The molecule has 0 aliphatic rings. The van der Waals surface area contributed by atoms with E-state index < -0.39 is 10.8 Å². The summed E-state index contributed by atoms with van der Waals surface area (Å²) in [6, 6.07) is 10.3. The minimum Gasteiger partial charge on any atom is -0.319 e. The molecule has 8 heteroatoms. The zero-order valence-corrected chi connectivity index (χ0v) is 13.9. The predicted octanol–water partition coefficient (Wildman–Crippen LogP) is 3.43. The number of aromatic nitrogens is 1. The summed E-state index contributed by atoms with van der Waals surface area (Å²) in [5.74, 6) is -0.855. The minimum absolute atomic E-state index is 0.0514. The number of carbonyl (C=O) groups is 1. The average molecular weight is 357 g/mol. The highest BCUT2D eigenvalue weighted by atomic mass is 32.1. The van der Waals surface area contributed by atoms with Crippen LogP contribution >= 0.6 is 11.3 Å². The highest BCUT2D eigenvalue weighted by molar-refractivity contribution is 7.16. The van der Waals surface area contributed by atoms with Crippen molar-refractivity contribution in [3.8, 4) is 0 Å². The lowest BCUT2D eigenvalue weighted by Gasteiger charge is -1.94. The van der Waals surface area contributed by atoms with Crippen molar-refractivity contribution >= 4 is 39.2 Å². The summed E-state index contributed by atoms with van der Waals surface area (Å²) in [4.78, 5) is 26.7. The number of nitro benzene ring substituents is 1. The zero-order chi connectivity index (χ0) is 18.0. The monoisotopic (exact) mass is 357 g/mol. The lowest BCUT2D eigenvalue weighted by Crippen LogP contribution is -2.12. The lowest BCUT2D eigenvalue weighted by atomic mass is 10.2. The molecule has 3 aromatic rings. The van der Waals surface area contributed by atoms with Crippen LogP contribution in [0.3, 0.4) is 0 Å². The molecule has 0 aliphatic carbocycles. The van der Waals surface area contributed by atoms with Gasteiger partial charge in [0.05, 0.1) is 15.1 Å². The largest absolute Gasteiger partial charge is 0.319 e. The molecule has 3 rings (SSSR count). The second-order valence-electron chi connectivity index (χ2n) is 5.19. The maximum absolute atomic E-state index is 13.3. The Bertz CT molecular complexity index is 1080. The van der Waals surface area contributed by atoms with Crippen molar-refractivity contribution < 1.29 is 14.1 Å². The van der Waals surface area contributed by atoms with Gasteiger partial charge in [-0.3, -0.25) is 14.9 Å². The number of benzene rings is 2. The molecule has 0 aliphatic heterocycles. The number of hydrogen-bond donors (Lipinski definition) is 0. The van der Waals surface area contributed by atoms with Gasteiger partial charge in [0.15, 0.2) is 4.80 Å². The third-order valence-corrected chi connectivity index (χ3v) is 4.57. The van der Waals surface area contributed by atoms with Crippen LogP contribution in [0.15, 0.2) is 53.5 Å². The molecule has 6 nitrogen and oxygen atoms in total. The van der Waals surface area contributed by atoms with Gasteiger partial charge in [-0.05, 0) is 29.8 Å². The lowest BCUT2D eigenvalue weighted by molar-refractivity contribution is -0.384. The molecule has 126 valence electrons. The predicted molar refractivity (Wildman–Crippen MR) is 93.5 cm³/mol. The Kier molecular flexibility index (Phi) is 4.53. The summed E-state index contributed by atoms with van der Waals surface area (Å²) in [7, 11) is 1.74. The number of nitro groups is 1. The van der Waals surface area contributed by atoms with Crippen molar-refractivity contribution in [2.75, 3.05) is 0 Å². The molecule has 0 saturated carbocycles. The maximum atomic E-state index is 13.3. The van der Waals surface area contributed by atoms with Gasteiger partial charge in [-0.15, -0.1) is 0 Å². The van der Waals surface area contributed by atoms with Crippen LogP contribution in [0.1, 0.15) is 5.56 Å². The van der Waals surface area contributed by atoms with Gasteiger partial charge in [0.25, 0.3) is 11.6 Å². The van der Waals surface area contributed by atoms with E-state index >= 15 is 0 Å². The topological polar surface area (TPSA) is 77.5 Å². The number of halogens is 1. The normalized spacial score (nSPS) is 12.2. The minimum atomic E-state index is -0.505. The molecule has 0 radical (unpaired) electrons. The van der Waals surface area contributed by atoms with Crippen molar-refractivity contribution in [2.24, 2.45) is 12.0 Å². The molecule has 0 atom stereocenters. The third-order valence-electron chi connectivity index (χ3n) is 3.48. The van der Waals surface area contributed by atoms with E-state index in [1.807, 2.05) is 0 Å². The SMILES string of the molecule is Cn1c(=NC(=O)C=Cc2cccc([N+](=O)[O-])c2)sc2cc(F)ccc21. The van der Waals surface area contributed by atoms with E-state index in [2.05, 4.69) is 4.99 Å². The van der Waals surface area contributed by atoms with Crippen molar-refractivity contribution in [1.29, 1.82) is 0 Å². The number of carbonyl (C=O) groups excluding carboxylic acids is 1. The van der Waals surface area contributed by atoms with Crippen LogP contribution in [-0.4, -0.2) is 15.4 Å². The van der Waals surface area contributed by atoms with E-state index in [1.165, 1.54) is 47.8 Å². The first-order valence-corrected chi connectivity index (χ1v) is 8.02. The first-order chi connectivity index (χ1) is 11.9. The first-order valence-electron chi connectivity index (χ1n) is 7.20. The number of rotatable bonds is 3. The molecule has 25 heavy (non-hydrogen) atoms. The number of thiazole rings is 1. The quantitative estimate of drug-likeness (QED) is 0.409. The van der Waals surface area contributed by atoms with E-state index in [9.17, 15) is 19.3 Å². The number of nitrogens with zero attached hydrogens (tertiary/aromatic N) is 3. The van der Waals surface area contributed by atoms with Crippen LogP contribution in [0.5, 0.6) is 0 Å². The van der Waals surface area contributed by atoms with E-state index in [-0.39, 0.29) is 11.5 Å². The van der Waals surface area contributed by atoms with Gasteiger partial charge in [-0.2, -0.15) is 4.99 Å². The highest BCUT2D eigenvalue weighted by Gasteiger charge is 2.06. The number of hydrogen-bond acceptors (Lipinski definition) is 4. The molecule has 0 N–H and O–H groups in total. The smallest absolute Gasteiger partial charge is 0.272 e. The summed E-state index contributed by atoms with van der Waals surface area (Å²) in [6.45, 7) is 0. The van der Waals surface area contributed by atoms with Crippen molar-refractivity contribution in [2.45, 2.75) is 0 Å². The third kappa shape index (κ3) is 3.69. The van der Waals surface area contributed by atoms with E-state index in [4.69, 9.17) is 0 Å². The molecule has 0 spiro atoms. The summed E-state index contributed by atoms with van der Waals surface area (Å²) in [5.41, 5.74) is 1.26. The van der Waals surface area contributed by atoms with Crippen molar-refractivity contribution in [3.05, 3.63) is 74.8 Å². The van der Waals surface area contributed by atoms with Gasteiger partial charge in [-0.1, -0.05) is 23.5 Å². The van der Waals surface area contributed by atoms with Crippen LogP contribution in [0.4, 0.5) is 10.1 Å². The van der Waals surface area contributed by atoms with Gasteiger partial charge in [-0.25, -0.2) is 4.39 Å². The van der Waals surface area contributed by atoms with Gasteiger partial charge in [0.1, 0.15) is 5.82 Å². The molecule has 0 bridgehead atoms. The van der Waals surface area contributed by atoms with Crippen LogP contribution in [0.2, 0.25) is 0 Å². The Morgan fingerprint density at radius 2 is 2.12 bits per heavy atom. The average Bonchev–Trinajstić information content (AvgIpc) is 2.88. The number of amides is 1. The summed E-state index contributed by atoms with van der Waals surface area (Å²) < 4.78 is 15.7. The standard InChI is InChI=1S/C17H12FN3O3S/c1-20-14-7-6-12(18)10-15(14)25-17(20)19-16(22)8-5-11-3-2-4-13(9-11)21(23)24/h2-10H,1H3. The maximum Gasteiger partial charge on any atom is 0.272 e. The Morgan fingerprint density at radius 1 is 1.32 bits per heavy atom. The van der Waals surface area contributed by atoms with Crippen LogP contribution < -0.4 is 4.80 Å². The Balaban J connectivity index is 1.89. The number of non-ortho nitro benzene ring substituents is 1. The molecule has 1 amide bonds. The molecule has 1 heterocycles. The number of aryl methyl sites for hydroxylation is 1. The Hall–Kier alpha value is -3.13. The summed E-state index contributed by atoms with van der Waals surface area (Å²) >= 11 is 1.21. The van der Waals surface area contributed by atoms with Crippen LogP contribution in [0.25, 0.3) is 16.3 Å². The first kappa shape index (κ1) is 16.7. The molecular weight excluding hydrogens is 345 g/mol. The van der Waals surface area contributed by atoms with Crippen molar-refractivity contribution in [3.63, 3.8) is 0 Å². The fraction of sp³-hybridized carbons (Fsp3) is 0.0588.